The number of unbranched alkanes of at least 4 members (excludes halogenated alkanes) is 30. The van der Waals surface area contributed by atoms with Crippen molar-refractivity contribution in [2.45, 2.75) is 238 Å². The predicted molar refractivity (Wildman–Crippen MR) is 206 cm³/mol. The molecule has 2 unspecified atom stereocenters. The number of nitrogens with one attached hydrogen (secondary N) is 1. The first-order valence-corrected chi connectivity index (χ1v) is 21.7. The van der Waals surface area contributed by atoms with Crippen LogP contribution in [0.25, 0.3) is 0 Å². The topological polar surface area (TPSA) is 64.6 Å². The van der Waals surface area contributed by atoms with Crippen molar-refractivity contribution < 1.29 is 19.1 Å². The average molecular weight is 678 g/mol. The third kappa shape index (κ3) is 29.9. The minimum Gasteiger partial charge on any atom is -0.379 e. The van der Waals surface area contributed by atoms with Gasteiger partial charge in [-0.25, -0.2) is 0 Å². The molecular formula is C43H83NO4. The monoisotopic (exact) mass is 678 g/mol. The van der Waals surface area contributed by atoms with Crippen molar-refractivity contribution in [2.75, 3.05) is 19.8 Å². The molecule has 1 fully saturated rings. The van der Waals surface area contributed by atoms with Gasteiger partial charge in [0, 0.05) is 25.6 Å². The van der Waals surface area contributed by atoms with Gasteiger partial charge in [0.1, 0.15) is 0 Å². The molecule has 0 bridgehead atoms. The summed E-state index contributed by atoms with van der Waals surface area (Å²) in [6.07, 6.45) is 44.4. The fourth-order valence-corrected chi connectivity index (χ4v) is 7.17. The van der Waals surface area contributed by atoms with Crippen LogP contribution in [0.3, 0.4) is 0 Å². The van der Waals surface area contributed by atoms with Crippen LogP contribution in [0.4, 0.5) is 0 Å². The number of imide groups is 1. The molecular weight excluding hydrogens is 594 g/mol. The van der Waals surface area contributed by atoms with Gasteiger partial charge in [0.05, 0.1) is 12.7 Å². The van der Waals surface area contributed by atoms with Crippen LogP contribution in [0.5, 0.6) is 0 Å². The Labute approximate surface area is 299 Å². The molecule has 1 aliphatic rings. The molecule has 0 aromatic rings. The van der Waals surface area contributed by atoms with E-state index >= 15 is 0 Å². The normalized spacial score (nSPS) is 15.4. The maximum absolute atomic E-state index is 12.2. The molecule has 1 heterocycles. The highest BCUT2D eigenvalue weighted by Gasteiger charge is 2.32. The Hall–Kier alpha value is -0.940. The molecule has 1 rings (SSSR count). The van der Waals surface area contributed by atoms with Crippen molar-refractivity contribution in [1.82, 2.24) is 5.32 Å². The summed E-state index contributed by atoms with van der Waals surface area (Å²) in [7, 11) is 0. The first-order valence-electron chi connectivity index (χ1n) is 21.7. The van der Waals surface area contributed by atoms with Crippen LogP contribution in [-0.2, 0) is 19.1 Å². The van der Waals surface area contributed by atoms with Crippen LogP contribution in [0.1, 0.15) is 232 Å². The van der Waals surface area contributed by atoms with Gasteiger partial charge < -0.3 is 9.47 Å². The predicted octanol–water partition coefficient (Wildman–Crippen LogP) is 13.0. The fourth-order valence-electron chi connectivity index (χ4n) is 7.17. The van der Waals surface area contributed by atoms with Gasteiger partial charge in [0.25, 0.3) is 0 Å². The third-order valence-corrected chi connectivity index (χ3v) is 10.4. The van der Waals surface area contributed by atoms with E-state index in [-0.39, 0.29) is 30.3 Å². The molecule has 0 aromatic carbocycles. The van der Waals surface area contributed by atoms with Crippen molar-refractivity contribution in [1.29, 1.82) is 0 Å². The number of rotatable bonds is 39. The van der Waals surface area contributed by atoms with Crippen molar-refractivity contribution in [3.8, 4) is 0 Å². The molecule has 0 saturated carbocycles. The molecule has 2 atom stereocenters. The zero-order valence-electron chi connectivity index (χ0n) is 32.5. The summed E-state index contributed by atoms with van der Waals surface area (Å²) in [6.45, 7) is 6.57. The number of carbonyl (C=O) groups is 2. The van der Waals surface area contributed by atoms with Crippen LogP contribution in [-0.4, -0.2) is 37.7 Å². The summed E-state index contributed by atoms with van der Waals surface area (Å²) in [6, 6.07) is 0. The van der Waals surface area contributed by atoms with Crippen LogP contribution in [0.2, 0.25) is 0 Å². The smallest absolute Gasteiger partial charge is 0.230 e. The second-order valence-electron chi connectivity index (χ2n) is 15.2. The van der Waals surface area contributed by atoms with E-state index in [1.807, 2.05) is 0 Å². The summed E-state index contributed by atoms with van der Waals surface area (Å²) < 4.78 is 12.3. The number of carbonyl (C=O) groups excluding carboxylic acids is 2. The number of amides is 2. The summed E-state index contributed by atoms with van der Waals surface area (Å²) >= 11 is 0. The van der Waals surface area contributed by atoms with E-state index in [1.54, 1.807) is 0 Å². The minimum atomic E-state index is -0.271. The van der Waals surface area contributed by atoms with Gasteiger partial charge in [-0.3, -0.25) is 14.9 Å². The van der Waals surface area contributed by atoms with Gasteiger partial charge in [-0.15, -0.1) is 0 Å². The lowest BCUT2D eigenvalue weighted by Gasteiger charge is -2.20. The Morgan fingerprint density at radius 3 is 1.17 bits per heavy atom. The molecule has 0 aromatic heterocycles. The maximum Gasteiger partial charge on any atom is 0.230 e. The van der Waals surface area contributed by atoms with Crippen LogP contribution >= 0.6 is 0 Å². The Balaban J connectivity index is 1.99. The van der Waals surface area contributed by atoms with Gasteiger partial charge in [0.15, 0.2) is 0 Å². The van der Waals surface area contributed by atoms with E-state index in [1.165, 1.54) is 193 Å². The molecule has 1 aliphatic heterocycles. The number of ether oxygens (including phenoxy) is 2. The molecule has 0 spiro atoms. The van der Waals surface area contributed by atoms with Crippen molar-refractivity contribution in [3.63, 3.8) is 0 Å². The molecule has 0 radical (unpaired) electrons. The van der Waals surface area contributed by atoms with Crippen LogP contribution in [0.15, 0.2) is 0 Å². The summed E-state index contributed by atoms with van der Waals surface area (Å²) in [5.74, 6) is -0.572. The standard InChI is InChI=1S/C43H83NO4/c1-3-5-7-9-11-13-15-17-19-21-23-25-27-29-31-33-35-47-39-41(37-40-38-42(45)44-43(40)46)48-36-34-32-30-28-26-24-22-20-18-16-14-12-10-8-6-4-2/h40-41H,3-39H2,1-2H3,(H,44,45,46). The first-order chi connectivity index (χ1) is 23.7. The second kappa shape index (κ2) is 35.9. The largest absolute Gasteiger partial charge is 0.379 e. The molecule has 0 aliphatic carbocycles. The van der Waals surface area contributed by atoms with E-state index in [0.717, 1.165) is 19.4 Å². The molecule has 284 valence electrons. The van der Waals surface area contributed by atoms with Gasteiger partial charge in [-0.1, -0.05) is 206 Å². The molecule has 1 saturated heterocycles. The lowest BCUT2D eigenvalue weighted by Crippen LogP contribution is -2.28. The van der Waals surface area contributed by atoms with Crippen molar-refractivity contribution >= 4 is 11.8 Å². The Kier molecular flexibility index (Phi) is 33.7. The molecule has 2 amide bonds. The quantitative estimate of drug-likeness (QED) is 0.0519. The highest BCUT2D eigenvalue weighted by Crippen LogP contribution is 2.20. The highest BCUT2D eigenvalue weighted by molar-refractivity contribution is 6.03. The van der Waals surface area contributed by atoms with Gasteiger partial charge in [-0.05, 0) is 19.3 Å². The molecule has 48 heavy (non-hydrogen) atoms. The van der Waals surface area contributed by atoms with Gasteiger partial charge in [0.2, 0.25) is 11.8 Å². The van der Waals surface area contributed by atoms with Crippen LogP contribution < -0.4 is 5.32 Å². The van der Waals surface area contributed by atoms with Gasteiger partial charge >= 0.3 is 0 Å². The van der Waals surface area contributed by atoms with E-state index in [9.17, 15) is 9.59 Å². The van der Waals surface area contributed by atoms with Gasteiger partial charge in [-0.2, -0.15) is 0 Å². The summed E-state index contributed by atoms with van der Waals surface area (Å²) in [5.41, 5.74) is 0. The summed E-state index contributed by atoms with van der Waals surface area (Å²) in [4.78, 5) is 23.9. The SMILES string of the molecule is CCCCCCCCCCCCCCCCCCOCC(CC1CC(=O)NC1=O)OCCCCCCCCCCCCCCCCCC. The fraction of sp³-hybridized carbons (Fsp3) is 0.953. The zero-order valence-corrected chi connectivity index (χ0v) is 32.5. The Morgan fingerprint density at radius 2 is 0.833 bits per heavy atom. The Morgan fingerprint density at radius 1 is 0.500 bits per heavy atom. The van der Waals surface area contributed by atoms with E-state index in [2.05, 4.69) is 19.2 Å². The third-order valence-electron chi connectivity index (χ3n) is 10.4. The van der Waals surface area contributed by atoms with E-state index < -0.39 is 0 Å². The maximum atomic E-state index is 12.2. The van der Waals surface area contributed by atoms with E-state index in [4.69, 9.17) is 9.47 Å². The number of hydrogen-bond donors (Lipinski definition) is 1. The second-order valence-corrected chi connectivity index (χ2v) is 15.2. The number of hydrogen-bond acceptors (Lipinski definition) is 4. The Bertz CT molecular complexity index is 698. The van der Waals surface area contributed by atoms with E-state index in [0.29, 0.717) is 19.6 Å². The minimum absolute atomic E-state index is 0.107. The molecule has 5 nitrogen and oxygen atoms in total. The molecule has 5 heteroatoms. The van der Waals surface area contributed by atoms with Crippen LogP contribution in [0, 0.1) is 5.92 Å². The summed E-state index contributed by atoms with van der Waals surface area (Å²) in [5, 5.41) is 2.45. The highest BCUT2D eigenvalue weighted by atomic mass is 16.5. The lowest BCUT2D eigenvalue weighted by molar-refractivity contribution is -0.126. The van der Waals surface area contributed by atoms with Crippen molar-refractivity contribution in [3.05, 3.63) is 0 Å². The van der Waals surface area contributed by atoms with Crippen molar-refractivity contribution in [2.24, 2.45) is 5.92 Å². The average Bonchev–Trinajstić information content (AvgIpc) is 3.40. The lowest BCUT2D eigenvalue weighted by atomic mass is 10.00. The zero-order chi connectivity index (χ0) is 34.6. The molecule has 1 N–H and O–H groups in total. The first kappa shape index (κ1) is 45.1.